The van der Waals surface area contributed by atoms with Crippen LogP contribution in [-0.2, 0) is 6.42 Å². The quantitative estimate of drug-likeness (QED) is 0.803. The smallest absolute Gasteiger partial charge is 0.0221 e. The Morgan fingerprint density at radius 3 is 2.35 bits per heavy atom. The highest BCUT2D eigenvalue weighted by molar-refractivity contribution is 5.14. The van der Waals surface area contributed by atoms with Crippen LogP contribution in [0.3, 0.4) is 0 Å². The van der Waals surface area contributed by atoms with Gasteiger partial charge in [0.1, 0.15) is 0 Å². The minimum Gasteiger partial charge on any atom is -0.329 e. The van der Waals surface area contributed by atoms with Crippen LogP contribution in [0.5, 0.6) is 0 Å². The van der Waals surface area contributed by atoms with E-state index >= 15 is 0 Å². The summed E-state index contributed by atoms with van der Waals surface area (Å²) in [5.41, 5.74) is 7.47. The lowest BCUT2D eigenvalue weighted by Crippen LogP contribution is -2.44. The Balaban J connectivity index is 1.86. The van der Waals surface area contributed by atoms with Crippen molar-refractivity contribution in [1.82, 2.24) is 4.90 Å². The van der Waals surface area contributed by atoms with E-state index in [-0.39, 0.29) is 0 Å². The molecule has 0 radical (unpaired) electrons. The van der Waals surface area contributed by atoms with Gasteiger partial charge < -0.3 is 5.73 Å². The van der Waals surface area contributed by atoms with Crippen molar-refractivity contribution in [2.45, 2.75) is 63.5 Å². The molecule has 2 nitrogen and oxygen atoms in total. The van der Waals surface area contributed by atoms with Crippen LogP contribution < -0.4 is 5.73 Å². The fourth-order valence-corrected chi connectivity index (χ4v) is 3.43. The molecule has 1 aliphatic rings. The first kappa shape index (κ1) is 15.5. The summed E-state index contributed by atoms with van der Waals surface area (Å²) < 4.78 is 0. The molecule has 0 heterocycles. The van der Waals surface area contributed by atoms with Crippen LogP contribution in [0, 0.1) is 0 Å². The molecule has 20 heavy (non-hydrogen) atoms. The van der Waals surface area contributed by atoms with Gasteiger partial charge in [-0.3, -0.25) is 4.90 Å². The van der Waals surface area contributed by atoms with Crippen LogP contribution in [0.1, 0.15) is 50.5 Å². The molecule has 1 atom stereocenters. The molecular weight excluding hydrogens is 244 g/mol. The Labute approximate surface area is 124 Å². The third-order valence-corrected chi connectivity index (χ3v) is 4.86. The monoisotopic (exact) mass is 274 g/mol. The summed E-state index contributed by atoms with van der Waals surface area (Å²) in [4.78, 5) is 2.58. The molecule has 0 aromatic heterocycles. The summed E-state index contributed by atoms with van der Waals surface area (Å²) in [6.45, 7) is 0.778. The zero-order valence-corrected chi connectivity index (χ0v) is 12.9. The van der Waals surface area contributed by atoms with Crippen molar-refractivity contribution in [3.05, 3.63) is 35.9 Å². The van der Waals surface area contributed by atoms with E-state index in [0.29, 0.717) is 6.04 Å². The van der Waals surface area contributed by atoms with E-state index in [4.69, 9.17) is 5.73 Å². The summed E-state index contributed by atoms with van der Waals surface area (Å²) in [6, 6.07) is 12.1. The average Bonchev–Trinajstić information content (AvgIpc) is 2.78. The van der Waals surface area contributed by atoms with Crippen LogP contribution in [0.25, 0.3) is 0 Å². The number of nitrogens with zero attached hydrogens (tertiary/aromatic N) is 1. The number of rotatable bonds is 6. The van der Waals surface area contributed by atoms with E-state index in [0.717, 1.165) is 19.0 Å². The zero-order chi connectivity index (χ0) is 14.2. The minimum atomic E-state index is 0.526. The van der Waals surface area contributed by atoms with Gasteiger partial charge in [-0.2, -0.15) is 0 Å². The fourth-order valence-electron chi connectivity index (χ4n) is 3.43. The average molecular weight is 274 g/mol. The molecule has 1 fully saturated rings. The van der Waals surface area contributed by atoms with E-state index in [1.807, 2.05) is 0 Å². The lowest BCUT2D eigenvalue weighted by atomic mass is 10.0. The van der Waals surface area contributed by atoms with Gasteiger partial charge in [-0.05, 0) is 38.3 Å². The van der Waals surface area contributed by atoms with Crippen LogP contribution in [0.2, 0.25) is 0 Å². The Morgan fingerprint density at radius 1 is 1.10 bits per heavy atom. The van der Waals surface area contributed by atoms with Gasteiger partial charge in [0, 0.05) is 18.6 Å². The highest BCUT2D eigenvalue weighted by Gasteiger charge is 2.22. The van der Waals surface area contributed by atoms with Crippen LogP contribution >= 0.6 is 0 Å². The lowest BCUT2D eigenvalue weighted by molar-refractivity contribution is 0.153. The molecule has 1 saturated carbocycles. The standard InChI is InChI=1S/C18H30N2/c1-20(17-11-7-2-3-8-12-17)18(15-19)14-13-16-9-5-4-6-10-16/h4-6,9-10,17-18H,2-3,7-8,11-15,19H2,1H3. The van der Waals surface area contributed by atoms with Crippen molar-refractivity contribution < 1.29 is 0 Å². The molecule has 0 spiro atoms. The van der Waals surface area contributed by atoms with Gasteiger partial charge in [0.15, 0.2) is 0 Å². The number of benzene rings is 1. The van der Waals surface area contributed by atoms with E-state index in [1.165, 1.54) is 50.5 Å². The Kier molecular flexibility index (Phi) is 6.55. The van der Waals surface area contributed by atoms with Gasteiger partial charge in [0.2, 0.25) is 0 Å². The van der Waals surface area contributed by atoms with Crippen molar-refractivity contribution in [2.75, 3.05) is 13.6 Å². The van der Waals surface area contributed by atoms with Gasteiger partial charge in [-0.15, -0.1) is 0 Å². The van der Waals surface area contributed by atoms with Gasteiger partial charge in [0.05, 0.1) is 0 Å². The van der Waals surface area contributed by atoms with E-state index in [9.17, 15) is 0 Å². The molecule has 0 saturated heterocycles. The second-order valence-corrected chi connectivity index (χ2v) is 6.22. The third-order valence-electron chi connectivity index (χ3n) is 4.86. The fraction of sp³-hybridized carbons (Fsp3) is 0.667. The van der Waals surface area contributed by atoms with Gasteiger partial charge >= 0.3 is 0 Å². The Morgan fingerprint density at radius 2 is 1.75 bits per heavy atom. The van der Waals surface area contributed by atoms with Gasteiger partial charge in [-0.1, -0.05) is 56.0 Å². The van der Waals surface area contributed by atoms with Crippen molar-refractivity contribution in [1.29, 1.82) is 0 Å². The number of hydrogen-bond acceptors (Lipinski definition) is 2. The SMILES string of the molecule is CN(C(CN)CCc1ccccc1)C1CCCCCC1. The summed E-state index contributed by atoms with van der Waals surface area (Å²) in [6.07, 6.45) is 10.7. The maximum Gasteiger partial charge on any atom is 0.0221 e. The maximum absolute atomic E-state index is 6.04. The molecule has 2 N–H and O–H groups in total. The van der Waals surface area contributed by atoms with Gasteiger partial charge in [0.25, 0.3) is 0 Å². The summed E-state index contributed by atoms with van der Waals surface area (Å²) in [5.74, 6) is 0. The topological polar surface area (TPSA) is 29.3 Å². The highest BCUT2D eigenvalue weighted by atomic mass is 15.2. The molecular formula is C18H30N2. The summed E-state index contributed by atoms with van der Waals surface area (Å²) in [7, 11) is 2.29. The van der Waals surface area contributed by atoms with Crippen molar-refractivity contribution >= 4 is 0 Å². The molecule has 1 aromatic rings. The van der Waals surface area contributed by atoms with E-state index < -0.39 is 0 Å². The molecule has 0 aliphatic heterocycles. The second kappa shape index (κ2) is 8.43. The summed E-state index contributed by atoms with van der Waals surface area (Å²) in [5, 5.41) is 0. The van der Waals surface area contributed by atoms with E-state index in [2.05, 4.69) is 42.3 Å². The largest absolute Gasteiger partial charge is 0.329 e. The number of likely N-dealkylation sites (N-methyl/N-ethyl adjacent to an activating group) is 1. The predicted molar refractivity (Wildman–Crippen MR) is 86.9 cm³/mol. The Bertz CT molecular complexity index is 355. The molecule has 1 unspecified atom stereocenters. The van der Waals surface area contributed by atoms with E-state index in [1.54, 1.807) is 0 Å². The lowest BCUT2D eigenvalue weighted by Gasteiger charge is -2.34. The summed E-state index contributed by atoms with van der Waals surface area (Å²) >= 11 is 0. The Hall–Kier alpha value is -0.860. The van der Waals surface area contributed by atoms with Crippen LogP contribution in [-0.4, -0.2) is 30.6 Å². The minimum absolute atomic E-state index is 0.526. The third kappa shape index (κ3) is 4.60. The molecule has 0 bridgehead atoms. The molecule has 1 aliphatic carbocycles. The van der Waals surface area contributed by atoms with Crippen molar-refractivity contribution in [3.63, 3.8) is 0 Å². The molecule has 2 heteroatoms. The second-order valence-electron chi connectivity index (χ2n) is 6.22. The van der Waals surface area contributed by atoms with Crippen molar-refractivity contribution in [3.8, 4) is 0 Å². The highest BCUT2D eigenvalue weighted by Crippen LogP contribution is 2.23. The number of aryl methyl sites for hydroxylation is 1. The van der Waals surface area contributed by atoms with Crippen LogP contribution in [0.15, 0.2) is 30.3 Å². The first-order chi connectivity index (χ1) is 9.81. The first-order valence-corrected chi connectivity index (χ1v) is 8.27. The molecule has 1 aromatic carbocycles. The molecule has 0 amide bonds. The van der Waals surface area contributed by atoms with Gasteiger partial charge in [-0.25, -0.2) is 0 Å². The molecule has 112 valence electrons. The maximum atomic E-state index is 6.04. The predicted octanol–water partition coefficient (Wildman–Crippen LogP) is 3.60. The number of hydrogen-bond donors (Lipinski definition) is 1. The number of nitrogens with two attached hydrogens (primary N) is 1. The normalized spacial score (nSPS) is 18.9. The first-order valence-electron chi connectivity index (χ1n) is 8.27. The molecule has 2 rings (SSSR count). The van der Waals surface area contributed by atoms with Crippen LogP contribution in [0.4, 0.5) is 0 Å². The zero-order valence-electron chi connectivity index (χ0n) is 12.9. The van der Waals surface area contributed by atoms with Crippen molar-refractivity contribution in [2.24, 2.45) is 5.73 Å².